The molecule has 1 aliphatic heterocycles. The van der Waals surface area contributed by atoms with Gasteiger partial charge in [-0.05, 0) is 55.2 Å². The summed E-state index contributed by atoms with van der Waals surface area (Å²) in [6.07, 6.45) is 2.69. The van der Waals surface area contributed by atoms with Crippen LogP contribution in [0.5, 0.6) is 11.5 Å². The van der Waals surface area contributed by atoms with E-state index in [0.717, 1.165) is 6.42 Å². The van der Waals surface area contributed by atoms with Crippen molar-refractivity contribution in [2.24, 2.45) is 0 Å². The lowest BCUT2D eigenvalue weighted by Gasteiger charge is -2.19. The van der Waals surface area contributed by atoms with Gasteiger partial charge in [0, 0.05) is 24.8 Å². The maximum absolute atomic E-state index is 14.4. The Bertz CT molecular complexity index is 1360. The topological polar surface area (TPSA) is 166 Å². The number of ether oxygens (including phenoxy) is 2. The number of nitrogens with two attached hydrogens (primary N) is 3. The van der Waals surface area contributed by atoms with Gasteiger partial charge >= 0.3 is 10.1 Å². The van der Waals surface area contributed by atoms with Crippen molar-refractivity contribution in [2.45, 2.75) is 32.3 Å². The second kappa shape index (κ2) is 10.5. The lowest BCUT2D eigenvalue weighted by atomic mass is 9.98. The normalized spacial score (nSPS) is 15.7. The summed E-state index contributed by atoms with van der Waals surface area (Å²) in [4.78, 5) is 7.95. The first kappa shape index (κ1) is 25.5. The summed E-state index contributed by atoms with van der Waals surface area (Å²) in [5, 5.41) is 0. The Hall–Kier alpha value is -3.64. The Labute approximate surface area is 208 Å². The largest absolute Gasteiger partial charge is 0.493 e. The first-order chi connectivity index (χ1) is 17.1. The number of nitrogen functional groups attached to an aromatic ring is 3. The molecular weight excluding hydrogens is 489 g/mol. The van der Waals surface area contributed by atoms with E-state index in [1.54, 1.807) is 25.1 Å². The van der Waals surface area contributed by atoms with Crippen molar-refractivity contribution in [3.05, 3.63) is 53.5 Å². The minimum absolute atomic E-state index is 0.0203. The second-order valence-electron chi connectivity index (χ2n) is 8.39. The molecule has 1 aromatic heterocycles. The van der Waals surface area contributed by atoms with E-state index < -0.39 is 22.0 Å². The molecule has 4 rings (SSSR count). The van der Waals surface area contributed by atoms with Crippen LogP contribution in [0.25, 0.3) is 11.1 Å². The minimum atomic E-state index is -4.07. The number of nitrogens with zero attached hydrogens (tertiary/aromatic N) is 2. The summed E-state index contributed by atoms with van der Waals surface area (Å²) in [6.45, 7) is 2.55. The van der Waals surface area contributed by atoms with Gasteiger partial charge in [0.25, 0.3) is 0 Å². The van der Waals surface area contributed by atoms with E-state index in [4.69, 9.17) is 30.9 Å². The Balaban J connectivity index is 1.81. The standard InChI is InChI=1S/C24H28FN5O5S/c1-2-33-20-9-14(8-16-12-29-24(28)30-23(16)27)10-21(22(20)15-5-6-19(26)18(25)11-15)35-36(31,32)13-17-4-3-7-34-17/h5-6,9-12,17H,2-4,7-8,13,26H2,1H3,(H4,27,28,29,30). The Morgan fingerprint density at radius 3 is 2.61 bits per heavy atom. The third-order valence-electron chi connectivity index (χ3n) is 5.66. The molecule has 1 atom stereocenters. The molecule has 12 heteroatoms. The van der Waals surface area contributed by atoms with Crippen LogP contribution in [0, 0.1) is 5.82 Å². The molecule has 2 aromatic carbocycles. The average Bonchev–Trinajstić information content (AvgIpc) is 3.30. The van der Waals surface area contributed by atoms with Crippen molar-refractivity contribution in [2.75, 3.05) is 36.2 Å². The molecule has 0 aliphatic carbocycles. The van der Waals surface area contributed by atoms with Crippen LogP contribution in [-0.2, 0) is 21.3 Å². The van der Waals surface area contributed by atoms with Crippen molar-refractivity contribution in [1.82, 2.24) is 9.97 Å². The zero-order chi connectivity index (χ0) is 25.9. The van der Waals surface area contributed by atoms with Crippen molar-refractivity contribution in [1.29, 1.82) is 0 Å². The molecule has 192 valence electrons. The fourth-order valence-electron chi connectivity index (χ4n) is 4.01. The molecule has 3 aromatic rings. The highest BCUT2D eigenvalue weighted by Gasteiger charge is 2.27. The molecule has 0 saturated carbocycles. The Morgan fingerprint density at radius 2 is 1.94 bits per heavy atom. The van der Waals surface area contributed by atoms with Gasteiger partial charge in [-0.2, -0.15) is 13.4 Å². The van der Waals surface area contributed by atoms with E-state index in [0.29, 0.717) is 35.5 Å². The van der Waals surface area contributed by atoms with E-state index in [9.17, 15) is 12.8 Å². The molecular formula is C24H28FN5O5S. The van der Waals surface area contributed by atoms with Crippen LogP contribution in [0.3, 0.4) is 0 Å². The first-order valence-electron chi connectivity index (χ1n) is 11.4. The molecule has 2 heterocycles. The second-order valence-corrected chi connectivity index (χ2v) is 10.0. The summed E-state index contributed by atoms with van der Waals surface area (Å²) >= 11 is 0. The summed E-state index contributed by atoms with van der Waals surface area (Å²) in [6, 6.07) is 7.43. The van der Waals surface area contributed by atoms with E-state index in [1.165, 1.54) is 18.3 Å². The van der Waals surface area contributed by atoms with Crippen molar-refractivity contribution >= 4 is 27.6 Å². The maximum Gasteiger partial charge on any atom is 0.311 e. The van der Waals surface area contributed by atoms with Gasteiger partial charge in [0.2, 0.25) is 5.95 Å². The molecule has 0 amide bonds. The number of hydrogen-bond acceptors (Lipinski definition) is 10. The molecule has 0 radical (unpaired) electrons. The van der Waals surface area contributed by atoms with Crippen LogP contribution in [0.4, 0.5) is 21.8 Å². The predicted octanol–water partition coefficient (Wildman–Crippen LogP) is 2.91. The quantitative estimate of drug-likeness (QED) is 0.284. The third-order valence-corrected chi connectivity index (χ3v) is 6.87. The smallest absolute Gasteiger partial charge is 0.311 e. The van der Waals surface area contributed by atoms with Gasteiger partial charge in [-0.3, -0.25) is 0 Å². The Morgan fingerprint density at radius 1 is 1.17 bits per heavy atom. The predicted molar refractivity (Wildman–Crippen MR) is 134 cm³/mol. The van der Waals surface area contributed by atoms with Crippen LogP contribution < -0.4 is 26.1 Å². The van der Waals surface area contributed by atoms with Gasteiger partial charge < -0.3 is 30.9 Å². The maximum atomic E-state index is 14.4. The SMILES string of the molecule is CCOc1cc(Cc2cnc(N)nc2N)cc(OS(=O)(=O)CC2CCCO2)c1-c1ccc(N)c(F)c1. The van der Waals surface area contributed by atoms with Crippen LogP contribution in [0.15, 0.2) is 36.5 Å². The monoisotopic (exact) mass is 517 g/mol. The first-order valence-corrected chi connectivity index (χ1v) is 13.0. The number of benzene rings is 2. The highest BCUT2D eigenvalue weighted by atomic mass is 32.2. The molecule has 1 fully saturated rings. The van der Waals surface area contributed by atoms with E-state index >= 15 is 0 Å². The van der Waals surface area contributed by atoms with E-state index in [1.807, 2.05) is 0 Å². The van der Waals surface area contributed by atoms with E-state index in [-0.39, 0.29) is 47.5 Å². The van der Waals surface area contributed by atoms with Crippen LogP contribution >= 0.6 is 0 Å². The van der Waals surface area contributed by atoms with Gasteiger partial charge in [-0.15, -0.1) is 0 Å². The highest BCUT2D eigenvalue weighted by Crippen LogP contribution is 2.42. The summed E-state index contributed by atoms with van der Waals surface area (Å²) < 4.78 is 57.3. The van der Waals surface area contributed by atoms with Crippen LogP contribution in [-0.4, -0.2) is 43.5 Å². The fraction of sp³-hybridized carbons (Fsp3) is 0.333. The number of aromatic nitrogens is 2. The molecule has 6 N–H and O–H groups in total. The number of hydrogen-bond donors (Lipinski definition) is 3. The molecule has 0 spiro atoms. The molecule has 10 nitrogen and oxygen atoms in total. The van der Waals surface area contributed by atoms with Crippen molar-refractivity contribution in [3.63, 3.8) is 0 Å². The zero-order valence-corrected chi connectivity index (χ0v) is 20.6. The minimum Gasteiger partial charge on any atom is -0.493 e. The van der Waals surface area contributed by atoms with Gasteiger partial charge in [-0.25, -0.2) is 9.37 Å². The van der Waals surface area contributed by atoms with Crippen LogP contribution in [0.1, 0.15) is 30.9 Å². The third kappa shape index (κ3) is 5.94. The number of halogens is 1. The van der Waals surface area contributed by atoms with E-state index in [2.05, 4.69) is 9.97 Å². The average molecular weight is 518 g/mol. The van der Waals surface area contributed by atoms with Crippen molar-refractivity contribution < 1.29 is 26.5 Å². The molecule has 0 bridgehead atoms. The molecule has 1 aliphatic rings. The molecule has 1 unspecified atom stereocenters. The number of anilines is 3. The number of rotatable bonds is 9. The Kier molecular flexibility index (Phi) is 7.45. The van der Waals surface area contributed by atoms with Crippen molar-refractivity contribution in [3.8, 4) is 22.6 Å². The van der Waals surface area contributed by atoms with Crippen LogP contribution in [0.2, 0.25) is 0 Å². The summed E-state index contributed by atoms with van der Waals surface area (Å²) in [5.74, 6) is -0.450. The van der Waals surface area contributed by atoms with Gasteiger partial charge in [-0.1, -0.05) is 6.07 Å². The van der Waals surface area contributed by atoms with Gasteiger partial charge in [0.15, 0.2) is 5.75 Å². The fourth-order valence-corrected chi connectivity index (χ4v) is 5.20. The zero-order valence-electron chi connectivity index (χ0n) is 19.7. The van der Waals surface area contributed by atoms with Gasteiger partial charge in [0.05, 0.1) is 24.0 Å². The summed E-state index contributed by atoms with van der Waals surface area (Å²) in [5.41, 5.74) is 19.0. The van der Waals surface area contributed by atoms with Gasteiger partial charge in [0.1, 0.15) is 23.1 Å². The molecule has 1 saturated heterocycles. The molecule has 36 heavy (non-hydrogen) atoms. The lowest BCUT2D eigenvalue weighted by molar-refractivity contribution is 0.126. The highest BCUT2D eigenvalue weighted by molar-refractivity contribution is 7.87. The summed E-state index contributed by atoms with van der Waals surface area (Å²) in [7, 11) is -4.07. The lowest BCUT2D eigenvalue weighted by Crippen LogP contribution is -2.24.